The van der Waals surface area contributed by atoms with Gasteiger partial charge < -0.3 is 9.64 Å². The van der Waals surface area contributed by atoms with Gasteiger partial charge in [-0.25, -0.2) is 0 Å². The fourth-order valence-corrected chi connectivity index (χ4v) is 2.38. The molecule has 0 bridgehead atoms. The lowest BCUT2D eigenvalue weighted by Crippen LogP contribution is -2.04. The summed E-state index contributed by atoms with van der Waals surface area (Å²) in [5.41, 5.74) is 1.34. The third-order valence-corrected chi connectivity index (χ3v) is 3.64. The fraction of sp³-hybridized carbons (Fsp3) is 0.250. The Hall–Kier alpha value is -2.17. The van der Waals surface area contributed by atoms with Crippen LogP contribution in [-0.2, 0) is 6.18 Å². The number of nitrogens with zero attached hydrogens (tertiary/aromatic N) is 1. The van der Waals surface area contributed by atoms with Gasteiger partial charge in [-0.05, 0) is 42.0 Å². The molecule has 0 spiro atoms. The number of methoxy groups -OCH3 is 1. The highest BCUT2D eigenvalue weighted by Crippen LogP contribution is 2.41. The summed E-state index contributed by atoms with van der Waals surface area (Å²) in [4.78, 5) is 2.13. The van der Waals surface area contributed by atoms with Crippen molar-refractivity contribution in [3.05, 3.63) is 59.7 Å². The number of ether oxygens (including phenoxy) is 1. The van der Waals surface area contributed by atoms with Crippen molar-refractivity contribution in [1.82, 2.24) is 0 Å². The van der Waals surface area contributed by atoms with E-state index in [2.05, 4.69) is 4.90 Å². The van der Waals surface area contributed by atoms with E-state index in [4.69, 9.17) is 4.74 Å². The van der Waals surface area contributed by atoms with Gasteiger partial charge in [-0.1, -0.05) is 12.1 Å². The number of hydrogen-bond donors (Lipinski definition) is 0. The molecule has 1 atom stereocenters. The van der Waals surface area contributed by atoms with Crippen LogP contribution in [-0.4, -0.2) is 13.7 Å². The van der Waals surface area contributed by atoms with Crippen molar-refractivity contribution in [2.75, 3.05) is 18.6 Å². The minimum absolute atomic E-state index is 0.153. The molecule has 0 amide bonds. The normalized spacial score (nSPS) is 17.7. The van der Waals surface area contributed by atoms with Crippen molar-refractivity contribution in [2.45, 2.75) is 12.2 Å². The fourth-order valence-electron chi connectivity index (χ4n) is 2.38. The minimum Gasteiger partial charge on any atom is -0.497 e. The summed E-state index contributed by atoms with van der Waals surface area (Å²) in [5, 5.41) is 0. The van der Waals surface area contributed by atoms with Gasteiger partial charge in [0.15, 0.2) is 0 Å². The van der Waals surface area contributed by atoms with Gasteiger partial charge in [0, 0.05) is 12.2 Å². The van der Waals surface area contributed by atoms with Gasteiger partial charge in [0.05, 0.1) is 18.7 Å². The molecular weight excluding hydrogens is 279 g/mol. The molecule has 0 saturated carbocycles. The third kappa shape index (κ3) is 2.82. The Balaban J connectivity index is 1.72. The molecule has 2 aromatic carbocycles. The molecule has 0 radical (unpaired) electrons. The van der Waals surface area contributed by atoms with Crippen LogP contribution in [0.3, 0.4) is 0 Å². The lowest BCUT2D eigenvalue weighted by atomic mass is 10.1. The second-order valence-electron chi connectivity index (χ2n) is 4.99. The van der Waals surface area contributed by atoms with Gasteiger partial charge in [0.25, 0.3) is 0 Å². The van der Waals surface area contributed by atoms with E-state index in [9.17, 15) is 13.2 Å². The average Bonchev–Trinajstić information content (AvgIpc) is 3.27. The van der Waals surface area contributed by atoms with Crippen molar-refractivity contribution >= 4 is 5.69 Å². The maximum Gasteiger partial charge on any atom is 0.416 e. The predicted octanol–water partition coefficient (Wildman–Crippen LogP) is 4.28. The molecule has 21 heavy (non-hydrogen) atoms. The Morgan fingerprint density at radius 1 is 1.00 bits per heavy atom. The number of benzene rings is 2. The predicted molar refractivity (Wildman–Crippen MR) is 74.5 cm³/mol. The SMILES string of the molecule is COc1ccc(N2C[C@H]2c2ccc(C(F)(F)F)cc2)cc1. The molecule has 1 saturated heterocycles. The summed E-state index contributed by atoms with van der Waals surface area (Å²) in [6.07, 6.45) is -4.28. The molecule has 5 heteroatoms. The van der Waals surface area contributed by atoms with Crippen molar-refractivity contribution in [3.63, 3.8) is 0 Å². The Labute approximate surface area is 120 Å². The monoisotopic (exact) mass is 293 g/mol. The smallest absolute Gasteiger partial charge is 0.416 e. The standard InChI is InChI=1S/C16H14F3NO/c1-21-14-8-6-13(7-9-14)20-10-15(20)11-2-4-12(5-3-11)16(17,18)19/h2-9,15H,10H2,1H3/t15-,20?/m0/s1. The zero-order valence-corrected chi connectivity index (χ0v) is 11.4. The molecule has 110 valence electrons. The van der Waals surface area contributed by atoms with E-state index in [-0.39, 0.29) is 6.04 Å². The summed E-state index contributed by atoms with van der Waals surface area (Å²) in [5.74, 6) is 0.784. The van der Waals surface area contributed by atoms with Crippen LogP contribution < -0.4 is 9.64 Å². The van der Waals surface area contributed by atoms with E-state index in [0.29, 0.717) is 0 Å². The van der Waals surface area contributed by atoms with Crippen LogP contribution >= 0.6 is 0 Å². The highest BCUT2D eigenvalue weighted by atomic mass is 19.4. The Morgan fingerprint density at radius 2 is 1.62 bits per heavy atom. The average molecular weight is 293 g/mol. The van der Waals surface area contributed by atoms with Crippen LogP contribution in [0.4, 0.5) is 18.9 Å². The van der Waals surface area contributed by atoms with E-state index in [0.717, 1.165) is 35.7 Å². The number of alkyl halides is 3. The maximum absolute atomic E-state index is 12.5. The first kappa shape index (κ1) is 13.8. The van der Waals surface area contributed by atoms with Crippen LogP contribution in [0.5, 0.6) is 5.75 Å². The van der Waals surface area contributed by atoms with Crippen LogP contribution in [0, 0.1) is 0 Å². The molecule has 3 rings (SSSR count). The zero-order valence-electron chi connectivity index (χ0n) is 11.4. The quantitative estimate of drug-likeness (QED) is 0.783. The van der Waals surface area contributed by atoms with Crippen molar-refractivity contribution in [2.24, 2.45) is 0 Å². The van der Waals surface area contributed by atoms with Crippen LogP contribution in [0.2, 0.25) is 0 Å². The minimum atomic E-state index is -4.28. The molecule has 0 aliphatic carbocycles. The van der Waals surface area contributed by atoms with E-state index in [1.54, 1.807) is 19.2 Å². The second-order valence-corrected chi connectivity index (χ2v) is 4.99. The van der Waals surface area contributed by atoms with Crippen molar-refractivity contribution in [1.29, 1.82) is 0 Å². The molecule has 0 N–H and O–H groups in total. The van der Waals surface area contributed by atoms with E-state index >= 15 is 0 Å². The lowest BCUT2D eigenvalue weighted by molar-refractivity contribution is -0.137. The Kier molecular flexibility index (Phi) is 3.27. The van der Waals surface area contributed by atoms with Gasteiger partial charge in [0.2, 0.25) is 0 Å². The molecular formula is C16H14F3NO. The summed E-state index contributed by atoms with van der Waals surface area (Å²) in [6, 6.07) is 13.2. The molecule has 2 nitrogen and oxygen atoms in total. The first-order valence-electron chi connectivity index (χ1n) is 6.57. The van der Waals surface area contributed by atoms with Crippen LogP contribution in [0.15, 0.2) is 48.5 Å². The van der Waals surface area contributed by atoms with Gasteiger partial charge >= 0.3 is 6.18 Å². The van der Waals surface area contributed by atoms with E-state index in [1.807, 2.05) is 24.3 Å². The number of anilines is 1. The zero-order chi connectivity index (χ0) is 15.0. The summed E-state index contributed by atoms with van der Waals surface area (Å²) >= 11 is 0. The van der Waals surface area contributed by atoms with Gasteiger partial charge in [-0.2, -0.15) is 13.2 Å². The van der Waals surface area contributed by atoms with Crippen LogP contribution in [0.1, 0.15) is 17.2 Å². The molecule has 2 aromatic rings. The third-order valence-electron chi connectivity index (χ3n) is 3.64. The van der Waals surface area contributed by atoms with Gasteiger partial charge in [-0.3, -0.25) is 0 Å². The van der Waals surface area contributed by atoms with Gasteiger partial charge in [-0.15, -0.1) is 0 Å². The van der Waals surface area contributed by atoms with Crippen molar-refractivity contribution in [3.8, 4) is 5.75 Å². The van der Waals surface area contributed by atoms with Crippen LogP contribution in [0.25, 0.3) is 0 Å². The molecule has 1 heterocycles. The summed E-state index contributed by atoms with van der Waals surface area (Å²) in [7, 11) is 1.61. The number of halogens is 3. The largest absolute Gasteiger partial charge is 0.497 e. The highest BCUT2D eigenvalue weighted by Gasteiger charge is 2.36. The molecule has 0 unspecified atom stereocenters. The summed E-state index contributed by atoms with van der Waals surface area (Å²) in [6.45, 7) is 0.817. The first-order valence-corrected chi connectivity index (χ1v) is 6.57. The molecule has 1 aliphatic rings. The maximum atomic E-state index is 12.5. The lowest BCUT2D eigenvalue weighted by Gasteiger charge is -2.09. The van der Waals surface area contributed by atoms with Gasteiger partial charge in [0.1, 0.15) is 5.75 Å². The molecule has 1 fully saturated rings. The number of hydrogen-bond acceptors (Lipinski definition) is 2. The Bertz CT molecular complexity index is 619. The second kappa shape index (κ2) is 4.98. The Morgan fingerprint density at radius 3 is 2.14 bits per heavy atom. The molecule has 0 aromatic heterocycles. The topological polar surface area (TPSA) is 12.2 Å². The number of rotatable bonds is 3. The summed E-state index contributed by atoms with van der Waals surface area (Å²) < 4.78 is 42.7. The highest BCUT2D eigenvalue weighted by molar-refractivity contribution is 5.57. The van der Waals surface area contributed by atoms with Crippen molar-refractivity contribution < 1.29 is 17.9 Å². The van der Waals surface area contributed by atoms with E-state index < -0.39 is 11.7 Å². The van der Waals surface area contributed by atoms with E-state index in [1.165, 1.54) is 0 Å². The first-order chi connectivity index (χ1) is 9.99. The molecule has 1 aliphatic heterocycles.